The number of hydrogen-bond donors (Lipinski definition) is 1. The van der Waals surface area contributed by atoms with Crippen molar-refractivity contribution in [2.24, 2.45) is 5.41 Å². The van der Waals surface area contributed by atoms with Gasteiger partial charge in [-0.2, -0.15) is 9.61 Å². The van der Waals surface area contributed by atoms with Crippen molar-refractivity contribution in [2.45, 2.75) is 112 Å². The number of anilines is 1. The molecule has 1 N–H and O–H groups in total. The van der Waals surface area contributed by atoms with Crippen molar-refractivity contribution < 1.29 is 14.6 Å². The predicted molar refractivity (Wildman–Crippen MR) is 177 cm³/mol. The fraction of sp³-hybridized carbons (Fsp3) is 0.556. The minimum Gasteiger partial charge on any atom is -0.479 e. The van der Waals surface area contributed by atoms with E-state index in [4.69, 9.17) is 19.8 Å². The lowest BCUT2D eigenvalue weighted by molar-refractivity contribution is -0.160. The van der Waals surface area contributed by atoms with Crippen molar-refractivity contribution in [1.29, 1.82) is 0 Å². The van der Waals surface area contributed by atoms with Crippen LogP contribution in [0.3, 0.4) is 0 Å². The Morgan fingerprint density at radius 2 is 1.71 bits per heavy atom. The number of aryl methyl sites for hydroxylation is 3. The summed E-state index contributed by atoms with van der Waals surface area (Å²) in [4.78, 5) is 25.0. The van der Waals surface area contributed by atoms with Gasteiger partial charge in [-0.3, -0.25) is 0 Å². The first-order valence-corrected chi connectivity index (χ1v) is 16.5. The van der Waals surface area contributed by atoms with E-state index < -0.39 is 17.7 Å². The average Bonchev–Trinajstić information content (AvgIpc) is 3.52. The molecule has 0 saturated carbocycles. The molecule has 9 nitrogen and oxygen atoms in total. The van der Waals surface area contributed by atoms with E-state index in [0.717, 1.165) is 78.7 Å². The minimum absolute atomic E-state index is 0.258. The number of carbonyl (C=O) groups is 1. The molecule has 0 spiro atoms. The second kappa shape index (κ2) is 11.9. The first kappa shape index (κ1) is 31.3. The molecule has 6 bridgehead atoms. The maximum absolute atomic E-state index is 12.8. The van der Waals surface area contributed by atoms with Crippen LogP contribution in [-0.4, -0.2) is 53.9 Å². The lowest BCUT2D eigenvalue weighted by Gasteiger charge is -2.41. The number of hydrogen-bond acceptors (Lipinski definition) is 6. The fourth-order valence-electron chi connectivity index (χ4n) is 7.14. The Labute approximate surface area is 266 Å². The van der Waals surface area contributed by atoms with Crippen LogP contribution in [0.1, 0.15) is 107 Å². The lowest BCUT2D eigenvalue weighted by Crippen LogP contribution is -2.41. The molecule has 0 radical (unpaired) electrons. The van der Waals surface area contributed by atoms with E-state index in [-0.39, 0.29) is 5.41 Å². The summed E-state index contributed by atoms with van der Waals surface area (Å²) in [5, 5.41) is 15.6. The van der Waals surface area contributed by atoms with Crippen LogP contribution in [0.2, 0.25) is 0 Å². The first-order valence-electron chi connectivity index (χ1n) is 16.5. The SMILES string of the molecule is Cc1nc2cc3nn2c(c1C(OC(C)(C)C)C(=O)O)N1CCC(C)(CCCCCCc2nc(C)c(C)n2-c2cccc-3c2)CC1. The van der Waals surface area contributed by atoms with Gasteiger partial charge in [0.25, 0.3) is 0 Å². The average molecular weight is 613 g/mol. The topological polar surface area (TPSA) is 97.8 Å². The van der Waals surface area contributed by atoms with Crippen LogP contribution in [0.4, 0.5) is 5.82 Å². The third kappa shape index (κ3) is 6.24. The van der Waals surface area contributed by atoms with Gasteiger partial charge in [-0.1, -0.05) is 38.3 Å². The van der Waals surface area contributed by atoms with Gasteiger partial charge in [-0.15, -0.1) is 0 Å². The molecule has 4 aromatic rings. The number of aliphatic carboxylic acids is 1. The molecular weight excluding hydrogens is 564 g/mol. The molecule has 3 aliphatic heterocycles. The molecule has 9 heteroatoms. The highest BCUT2D eigenvalue weighted by Crippen LogP contribution is 2.41. The molecule has 3 aliphatic rings. The highest BCUT2D eigenvalue weighted by Gasteiger charge is 2.37. The summed E-state index contributed by atoms with van der Waals surface area (Å²) in [6.45, 7) is 15.9. The summed E-state index contributed by atoms with van der Waals surface area (Å²) in [6, 6.07) is 10.5. The maximum atomic E-state index is 12.8. The molecule has 6 heterocycles. The Kier molecular flexibility index (Phi) is 8.27. The van der Waals surface area contributed by atoms with E-state index in [9.17, 15) is 9.90 Å². The summed E-state index contributed by atoms with van der Waals surface area (Å²) >= 11 is 0. The zero-order valence-corrected chi connectivity index (χ0v) is 28.0. The Morgan fingerprint density at radius 1 is 0.978 bits per heavy atom. The lowest BCUT2D eigenvalue weighted by atomic mass is 9.76. The van der Waals surface area contributed by atoms with Crippen LogP contribution < -0.4 is 4.90 Å². The number of fused-ring (bicyclic) bond motifs is 7. The van der Waals surface area contributed by atoms with Gasteiger partial charge in [-0.25, -0.2) is 14.8 Å². The summed E-state index contributed by atoms with van der Waals surface area (Å²) < 4.78 is 10.4. The Hall–Kier alpha value is -3.72. The van der Waals surface area contributed by atoms with E-state index in [0.29, 0.717) is 16.9 Å². The quantitative estimate of drug-likeness (QED) is 0.255. The van der Waals surface area contributed by atoms with Crippen molar-refractivity contribution in [3.8, 4) is 16.9 Å². The molecule has 1 unspecified atom stereocenters. The Morgan fingerprint density at radius 3 is 2.42 bits per heavy atom. The fourth-order valence-corrected chi connectivity index (χ4v) is 7.14. The minimum atomic E-state index is -1.17. The standard InChI is InChI=1S/C36H48N6O3/c1-23-25(3)41-27-14-12-13-26(21-27)28-22-30-38-24(2)31(32(34(43)44)45-35(4,5)6)33(42(30)39-28)40-19-17-36(7,18-20-40)16-11-9-8-10-15-29(41)37-23/h12-14,21-22,32H,8-11,15-20H2,1-7H3,(H,43,44). The van der Waals surface area contributed by atoms with Gasteiger partial charge in [0.2, 0.25) is 0 Å². The monoisotopic (exact) mass is 612 g/mol. The van der Waals surface area contributed by atoms with E-state index in [1.807, 2.05) is 38.3 Å². The van der Waals surface area contributed by atoms with Gasteiger partial charge in [0.05, 0.1) is 22.6 Å². The second-order valence-corrected chi connectivity index (χ2v) is 14.5. The van der Waals surface area contributed by atoms with E-state index in [1.165, 1.54) is 25.7 Å². The van der Waals surface area contributed by atoms with Gasteiger partial charge in [0, 0.05) is 48.2 Å². The van der Waals surface area contributed by atoms with Crippen LogP contribution in [0.5, 0.6) is 0 Å². The normalized spacial score (nSPS) is 18.0. The largest absolute Gasteiger partial charge is 0.479 e. The number of aromatic nitrogens is 5. The van der Waals surface area contributed by atoms with Gasteiger partial charge >= 0.3 is 5.97 Å². The first-order chi connectivity index (χ1) is 21.3. The number of piperidine rings is 1. The Bertz CT molecular complexity index is 1720. The molecule has 45 heavy (non-hydrogen) atoms. The van der Waals surface area contributed by atoms with E-state index in [1.54, 1.807) is 0 Å². The number of ether oxygens (including phenoxy) is 1. The zero-order chi connectivity index (χ0) is 32.1. The predicted octanol–water partition coefficient (Wildman–Crippen LogP) is 7.56. The highest BCUT2D eigenvalue weighted by molar-refractivity contribution is 5.79. The number of imidazole rings is 1. The summed E-state index contributed by atoms with van der Waals surface area (Å²) in [6.07, 6.45) is 7.84. The third-order valence-corrected chi connectivity index (χ3v) is 9.78. The highest BCUT2D eigenvalue weighted by atomic mass is 16.5. The van der Waals surface area contributed by atoms with Crippen molar-refractivity contribution in [3.63, 3.8) is 0 Å². The van der Waals surface area contributed by atoms with Gasteiger partial charge in [0.1, 0.15) is 11.6 Å². The summed E-state index contributed by atoms with van der Waals surface area (Å²) in [5.74, 6) is 0.862. The summed E-state index contributed by atoms with van der Waals surface area (Å²) in [5.41, 5.74) is 6.58. The number of benzene rings is 1. The maximum Gasteiger partial charge on any atom is 0.337 e. The van der Waals surface area contributed by atoms with Crippen LogP contribution in [0.25, 0.3) is 22.6 Å². The number of carboxylic acid groups (broad SMARTS) is 1. The van der Waals surface area contributed by atoms with Gasteiger partial charge < -0.3 is 19.3 Å². The second-order valence-electron chi connectivity index (χ2n) is 14.5. The number of carboxylic acids is 1. The Balaban J connectivity index is 1.55. The molecule has 1 aromatic carbocycles. The van der Waals surface area contributed by atoms with Gasteiger partial charge in [-0.05, 0) is 84.8 Å². The van der Waals surface area contributed by atoms with Gasteiger partial charge in [0.15, 0.2) is 11.8 Å². The zero-order valence-electron chi connectivity index (χ0n) is 28.0. The molecule has 3 aromatic heterocycles. The molecule has 1 saturated heterocycles. The molecule has 0 aliphatic carbocycles. The van der Waals surface area contributed by atoms with E-state index in [2.05, 4.69) is 54.5 Å². The molecule has 1 fully saturated rings. The van der Waals surface area contributed by atoms with Crippen LogP contribution in [-0.2, 0) is 16.0 Å². The van der Waals surface area contributed by atoms with Crippen LogP contribution in [0, 0.1) is 26.2 Å². The van der Waals surface area contributed by atoms with Crippen molar-refractivity contribution in [1.82, 2.24) is 24.1 Å². The van der Waals surface area contributed by atoms with Crippen molar-refractivity contribution >= 4 is 17.4 Å². The van der Waals surface area contributed by atoms with Crippen LogP contribution >= 0.6 is 0 Å². The van der Waals surface area contributed by atoms with Crippen molar-refractivity contribution in [3.05, 3.63) is 58.8 Å². The molecule has 240 valence electrons. The molecular formula is C36H48N6O3. The molecule has 1 atom stereocenters. The van der Waals surface area contributed by atoms with Crippen LogP contribution in [0.15, 0.2) is 30.3 Å². The van der Waals surface area contributed by atoms with Crippen molar-refractivity contribution in [2.75, 3.05) is 18.0 Å². The number of nitrogens with zero attached hydrogens (tertiary/aromatic N) is 6. The number of rotatable bonds is 3. The molecule has 7 rings (SSSR count). The van der Waals surface area contributed by atoms with E-state index >= 15 is 0 Å². The molecule has 0 amide bonds. The smallest absolute Gasteiger partial charge is 0.337 e. The third-order valence-electron chi connectivity index (χ3n) is 9.78. The summed E-state index contributed by atoms with van der Waals surface area (Å²) in [7, 11) is 0.